The van der Waals surface area contributed by atoms with E-state index in [1.54, 1.807) is 30.2 Å². The molecule has 1 aromatic carbocycles. The summed E-state index contributed by atoms with van der Waals surface area (Å²) in [5.41, 5.74) is 10.7. The summed E-state index contributed by atoms with van der Waals surface area (Å²) in [6, 6.07) is 15.0. The summed E-state index contributed by atoms with van der Waals surface area (Å²) in [5, 5.41) is 4.50. The van der Waals surface area contributed by atoms with Gasteiger partial charge >= 0.3 is 0 Å². The van der Waals surface area contributed by atoms with Crippen LogP contribution in [0.2, 0.25) is 0 Å². The van der Waals surface area contributed by atoms with Gasteiger partial charge in [-0.05, 0) is 35.9 Å². The molecule has 6 nitrogen and oxygen atoms in total. The molecule has 124 valence electrons. The van der Waals surface area contributed by atoms with E-state index in [9.17, 15) is 0 Å². The molecule has 25 heavy (non-hydrogen) atoms. The van der Waals surface area contributed by atoms with E-state index in [-0.39, 0.29) is 6.04 Å². The molecular formula is C19H17N5O. The molecule has 2 N–H and O–H groups in total. The average Bonchev–Trinajstić information content (AvgIpc) is 3.12. The average molecular weight is 331 g/mol. The molecule has 1 unspecified atom stereocenters. The van der Waals surface area contributed by atoms with Crippen LogP contribution in [0, 0.1) is 0 Å². The number of aromatic nitrogens is 4. The van der Waals surface area contributed by atoms with Crippen molar-refractivity contribution in [2.75, 3.05) is 7.11 Å². The van der Waals surface area contributed by atoms with Crippen LogP contribution in [0.1, 0.15) is 17.4 Å². The van der Waals surface area contributed by atoms with E-state index >= 15 is 0 Å². The molecule has 3 heterocycles. The number of methoxy groups -OCH3 is 1. The van der Waals surface area contributed by atoms with E-state index in [1.165, 1.54) is 0 Å². The predicted molar refractivity (Wildman–Crippen MR) is 95.2 cm³/mol. The summed E-state index contributed by atoms with van der Waals surface area (Å²) in [7, 11) is 1.65. The Morgan fingerprint density at radius 1 is 1.00 bits per heavy atom. The number of hydrogen-bond donors (Lipinski definition) is 1. The maximum Gasteiger partial charge on any atom is 0.163 e. The molecule has 0 radical (unpaired) electrons. The SMILES string of the molecule is COc1ccc(-c2cnn3c(C(N)c4ccccn4)ccnc23)cc1. The molecule has 0 aliphatic carbocycles. The van der Waals surface area contributed by atoms with Crippen LogP contribution >= 0.6 is 0 Å². The second-order valence-electron chi connectivity index (χ2n) is 5.62. The molecule has 0 saturated carbocycles. The highest BCUT2D eigenvalue weighted by atomic mass is 16.5. The molecule has 0 bridgehead atoms. The van der Waals surface area contributed by atoms with Gasteiger partial charge in [0.05, 0.1) is 30.7 Å². The molecular weight excluding hydrogens is 314 g/mol. The highest BCUT2D eigenvalue weighted by Crippen LogP contribution is 2.27. The van der Waals surface area contributed by atoms with Crippen molar-refractivity contribution in [3.63, 3.8) is 0 Å². The summed E-state index contributed by atoms with van der Waals surface area (Å²) >= 11 is 0. The Morgan fingerprint density at radius 3 is 2.56 bits per heavy atom. The Hall–Kier alpha value is -3.25. The van der Waals surface area contributed by atoms with E-state index in [0.29, 0.717) is 0 Å². The Kier molecular flexibility index (Phi) is 3.87. The zero-order chi connectivity index (χ0) is 17.2. The van der Waals surface area contributed by atoms with Gasteiger partial charge in [-0.15, -0.1) is 0 Å². The van der Waals surface area contributed by atoms with Crippen molar-refractivity contribution in [1.82, 2.24) is 19.6 Å². The topological polar surface area (TPSA) is 78.3 Å². The van der Waals surface area contributed by atoms with E-state index in [2.05, 4.69) is 15.1 Å². The van der Waals surface area contributed by atoms with Crippen molar-refractivity contribution in [2.45, 2.75) is 6.04 Å². The van der Waals surface area contributed by atoms with Crippen molar-refractivity contribution < 1.29 is 4.74 Å². The smallest absolute Gasteiger partial charge is 0.163 e. The summed E-state index contributed by atoms with van der Waals surface area (Å²) in [6.45, 7) is 0. The second kappa shape index (κ2) is 6.33. The number of benzene rings is 1. The van der Waals surface area contributed by atoms with Crippen LogP contribution in [0.4, 0.5) is 0 Å². The second-order valence-corrected chi connectivity index (χ2v) is 5.62. The molecule has 4 aromatic rings. The minimum atomic E-state index is -0.379. The Balaban J connectivity index is 1.80. The van der Waals surface area contributed by atoms with Crippen LogP contribution in [0.3, 0.4) is 0 Å². The van der Waals surface area contributed by atoms with Crippen LogP contribution in [0.25, 0.3) is 16.8 Å². The Bertz CT molecular complexity index is 995. The highest BCUT2D eigenvalue weighted by molar-refractivity contribution is 5.77. The lowest BCUT2D eigenvalue weighted by molar-refractivity contribution is 0.415. The van der Waals surface area contributed by atoms with Gasteiger partial charge in [-0.2, -0.15) is 5.10 Å². The number of fused-ring (bicyclic) bond motifs is 1. The molecule has 0 amide bonds. The number of hydrogen-bond acceptors (Lipinski definition) is 5. The van der Waals surface area contributed by atoms with Gasteiger partial charge in [-0.3, -0.25) is 4.98 Å². The van der Waals surface area contributed by atoms with E-state index < -0.39 is 0 Å². The number of rotatable bonds is 4. The summed E-state index contributed by atoms with van der Waals surface area (Å²) in [6.07, 6.45) is 5.29. The van der Waals surface area contributed by atoms with Crippen molar-refractivity contribution >= 4 is 5.65 Å². The van der Waals surface area contributed by atoms with Crippen LogP contribution in [0.5, 0.6) is 5.75 Å². The standard InChI is InChI=1S/C19H17N5O/c1-25-14-7-5-13(6-8-14)15-12-23-24-17(9-11-22-19(15)24)18(20)16-4-2-3-10-21-16/h2-12,18H,20H2,1H3. The minimum absolute atomic E-state index is 0.379. The fourth-order valence-electron chi connectivity index (χ4n) is 2.83. The molecule has 6 heteroatoms. The number of nitrogens with two attached hydrogens (primary N) is 1. The highest BCUT2D eigenvalue weighted by Gasteiger charge is 2.17. The molecule has 3 aromatic heterocycles. The fourth-order valence-corrected chi connectivity index (χ4v) is 2.83. The quantitative estimate of drug-likeness (QED) is 0.622. The molecule has 0 spiro atoms. The number of pyridine rings is 1. The van der Waals surface area contributed by atoms with Gasteiger partial charge in [0.25, 0.3) is 0 Å². The lowest BCUT2D eigenvalue weighted by Gasteiger charge is -2.12. The molecule has 0 fully saturated rings. The maximum atomic E-state index is 6.40. The summed E-state index contributed by atoms with van der Waals surface area (Å²) in [4.78, 5) is 8.84. The zero-order valence-corrected chi connectivity index (χ0v) is 13.7. The van der Waals surface area contributed by atoms with E-state index in [4.69, 9.17) is 10.5 Å². The Labute approximate surface area is 144 Å². The van der Waals surface area contributed by atoms with Gasteiger partial charge in [0.2, 0.25) is 0 Å². The van der Waals surface area contributed by atoms with Gasteiger partial charge in [0.15, 0.2) is 5.65 Å². The van der Waals surface area contributed by atoms with Crippen LogP contribution in [-0.2, 0) is 0 Å². The number of nitrogens with zero attached hydrogens (tertiary/aromatic N) is 4. The fraction of sp³-hybridized carbons (Fsp3) is 0.105. The van der Waals surface area contributed by atoms with Crippen molar-refractivity contribution in [3.8, 4) is 16.9 Å². The molecule has 4 rings (SSSR count). The maximum absolute atomic E-state index is 6.40. The van der Waals surface area contributed by atoms with Gasteiger partial charge < -0.3 is 10.5 Å². The van der Waals surface area contributed by atoms with Crippen molar-refractivity contribution in [2.24, 2.45) is 5.73 Å². The molecule has 0 aliphatic rings. The third kappa shape index (κ3) is 2.72. The normalized spacial score (nSPS) is 12.2. The van der Waals surface area contributed by atoms with Crippen LogP contribution < -0.4 is 10.5 Å². The zero-order valence-electron chi connectivity index (χ0n) is 13.7. The number of ether oxygens (including phenoxy) is 1. The lowest BCUT2D eigenvalue weighted by atomic mass is 10.1. The predicted octanol–water partition coefficient (Wildman–Crippen LogP) is 2.85. The van der Waals surface area contributed by atoms with E-state index in [1.807, 2.05) is 48.5 Å². The first-order chi connectivity index (χ1) is 12.3. The van der Waals surface area contributed by atoms with Crippen LogP contribution in [0.15, 0.2) is 67.1 Å². The first-order valence-electron chi connectivity index (χ1n) is 7.91. The third-order valence-electron chi connectivity index (χ3n) is 4.16. The summed E-state index contributed by atoms with van der Waals surface area (Å²) < 4.78 is 6.99. The van der Waals surface area contributed by atoms with Gasteiger partial charge in [0, 0.05) is 18.0 Å². The minimum Gasteiger partial charge on any atom is -0.497 e. The van der Waals surface area contributed by atoms with E-state index in [0.717, 1.165) is 33.9 Å². The monoisotopic (exact) mass is 331 g/mol. The molecule has 1 atom stereocenters. The van der Waals surface area contributed by atoms with Crippen molar-refractivity contribution in [3.05, 3.63) is 78.5 Å². The first-order valence-corrected chi connectivity index (χ1v) is 7.91. The molecule has 0 aliphatic heterocycles. The van der Waals surface area contributed by atoms with Crippen molar-refractivity contribution in [1.29, 1.82) is 0 Å². The third-order valence-corrected chi connectivity index (χ3v) is 4.16. The first kappa shape index (κ1) is 15.3. The Morgan fingerprint density at radius 2 is 1.84 bits per heavy atom. The van der Waals surface area contributed by atoms with Gasteiger partial charge in [-0.1, -0.05) is 18.2 Å². The van der Waals surface area contributed by atoms with Crippen LogP contribution in [-0.4, -0.2) is 26.7 Å². The van der Waals surface area contributed by atoms with Gasteiger partial charge in [-0.25, -0.2) is 9.50 Å². The lowest BCUT2D eigenvalue weighted by Crippen LogP contribution is -2.17. The summed E-state index contributed by atoms with van der Waals surface area (Å²) in [5.74, 6) is 0.811. The molecule has 0 saturated heterocycles. The largest absolute Gasteiger partial charge is 0.497 e. The van der Waals surface area contributed by atoms with Gasteiger partial charge in [0.1, 0.15) is 5.75 Å².